The normalized spacial score (nSPS) is 14.1. The first kappa shape index (κ1) is 20.6. The summed E-state index contributed by atoms with van der Waals surface area (Å²) < 4.78 is 5.03. The molecule has 0 spiro atoms. The number of carbonyl (C=O) groups is 2. The lowest BCUT2D eigenvalue weighted by Gasteiger charge is -2.34. The number of hydrogen-bond donors (Lipinski definition) is 1. The van der Waals surface area contributed by atoms with Crippen molar-refractivity contribution in [3.63, 3.8) is 0 Å². The predicted molar refractivity (Wildman–Crippen MR) is 111 cm³/mol. The molecule has 29 heavy (non-hydrogen) atoms. The van der Waals surface area contributed by atoms with Crippen LogP contribution >= 0.6 is 0 Å². The molecule has 1 aliphatic rings. The number of piperazine rings is 1. The van der Waals surface area contributed by atoms with Crippen LogP contribution in [0.15, 0.2) is 36.5 Å². The topological polar surface area (TPSA) is 87.7 Å². The molecule has 0 radical (unpaired) electrons. The van der Waals surface area contributed by atoms with Gasteiger partial charge in [-0.1, -0.05) is 26.0 Å². The standard InChI is InChI=1S/C21H27N5O3/c1-4-29-21(28)26-13-11-25(12-14-26)20-22-10-9-18(24-20)19(27)23-17-7-5-16(6-8-17)15(2)3/h5-10,15H,4,11-14H2,1-3H3,(H,23,27). The lowest BCUT2D eigenvalue weighted by Crippen LogP contribution is -2.49. The molecule has 0 bridgehead atoms. The van der Waals surface area contributed by atoms with Gasteiger partial charge in [0.05, 0.1) is 6.61 Å². The van der Waals surface area contributed by atoms with Gasteiger partial charge in [0.2, 0.25) is 5.95 Å². The van der Waals surface area contributed by atoms with E-state index in [4.69, 9.17) is 4.74 Å². The van der Waals surface area contributed by atoms with Crippen molar-refractivity contribution in [2.45, 2.75) is 26.7 Å². The molecule has 0 saturated carbocycles. The Hall–Kier alpha value is -3.16. The molecule has 1 fully saturated rings. The van der Waals surface area contributed by atoms with Crippen molar-refractivity contribution in [3.05, 3.63) is 47.8 Å². The minimum absolute atomic E-state index is 0.281. The van der Waals surface area contributed by atoms with Gasteiger partial charge in [-0.15, -0.1) is 0 Å². The zero-order valence-corrected chi connectivity index (χ0v) is 17.1. The maximum atomic E-state index is 12.6. The second-order valence-corrected chi connectivity index (χ2v) is 7.15. The van der Waals surface area contributed by atoms with Crippen LogP contribution in [0.2, 0.25) is 0 Å². The number of nitrogens with zero attached hydrogens (tertiary/aromatic N) is 4. The molecular weight excluding hydrogens is 370 g/mol. The Kier molecular flexibility index (Phi) is 6.64. The highest BCUT2D eigenvalue weighted by Gasteiger charge is 2.24. The summed E-state index contributed by atoms with van der Waals surface area (Å²) >= 11 is 0. The molecule has 1 saturated heterocycles. The molecule has 0 unspecified atom stereocenters. The number of rotatable bonds is 5. The van der Waals surface area contributed by atoms with E-state index in [9.17, 15) is 9.59 Å². The molecule has 2 amide bonds. The highest BCUT2D eigenvalue weighted by atomic mass is 16.6. The second kappa shape index (κ2) is 9.36. The van der Waals surface area contributed by atoms with E-state index in [0.29, 0.717) is 50.3 Å². The average Bonchev–Trinajstić information content (AvgIpc) is 2.74. The van der Waals surface area contributed by atoms with Gasteiger partial charge in [-0.25, -0.2) is 14.8 Å². The third-order valence-corrected chi connectivity index (χ3v) is 4.80. The number of ether oxygens (including phenoxy) is 1. The van der Waals surface area contributed by atoms with Crippen molar-refractivity contribution >= 4 is 23.6 Å². The fraction of sp³-hybridized carbons (Fsp3) is 0.429. The second-order valence-electron chi connectivity index (χ2n) is 7.15. The van der Waals surface area contributed by atoms with E-state index >= 15 is 0 Å². The van der Waals surface area contributed by atoms with E-state index in [-0.39, 0.29) is 12.0 Å². The van der Waals surface area contributed by atoms with Crippen LogP contribution in [0.5, 0.6) is 0 Å². The Labute approximate surface area is 170 Å². The molecule has 1 aromatic carbocycles. The SMILES string of the molecule is CCOC(=O)N1CCN(c2nccc(C(=O)Nc3ccc(C(C)C)cc3)n2)CC1. The van der Waals surface area contributed by atoms with Gasteiger partial charge in [-0.3, -0.25) is 4.79 Å². The highest BCUT2D eigenvalue weighted by molar-refractivity contribution is 6.02. The number of aromatic nitrogens is 2. The Balaban J connectivity index is 1.62. The summed E-state index contributed by atoms with van der Waals surface area (Å²) in [5, 5.41) is 2.87. The maximum Gasteiger partial charge on any atom is 0.409 e. The Bertz CT molecular complexity index is 846. The van der Waals surface area contributed by atoms with E-state index in [2.05, 4.69) is 29.1 Å². The minimum Gasteiger partial charge on any atom is -0.450 e. The van der Waals surface area contributed by atoms with Gasteiger partial charge in [0.25, 0.3) is 5.91 Å². The quantitative estimate of drug-likeness (QED) is 0.834. The first-order valence-corrected chi connectivity index (χ1v) is 9.89. The van der Waals surface area contributed by atoms with Crippen LogP contribution in [0.25, 0.3) is 0 Å². The van der Waals surface area contributed by atoms with E-state index in [1.807, 2.05) is 29.2 Å². The van der Waals surface area contributed by atoms with Crippen LogP contribution in [0, 0.1) is 0 Å². The predicted octanol–water partition coefficient (Wildman–Crippen LogP) is 3.13. The van der Waals surface area contributed by atoms with Gasteiger partial charge in [-0.2, -0.15) is 0 Å². The van der Waals surface area contributed by atoms with Crippen molar-refractivity contribution < 1.29 is 14.3 Å². The molecule has 0 aliphatic carbocycles. The zero-order valence-electron chi connectivity index (χ0n) is 17.1. The molecule has 1 N–H and O–H groups in total. The molecule has 2 heterocycles. The first-order chi connectivity index (χ1) is 14.0. The lowest BCUT2D eigenvalue weighted by molar-refractivity contribution is 0.102. The van der Waals surface area contributed by atoms with Gasteiger partial charge >= 0.3 is 6.09 Å². The molecule has 8 nitrogen and oxygen atoms in total. The number of nitrogens with one attached hydrogen (secondary N) is 1. The van der Waals surface area contributed by atoms with Crippen LogP contribution in [-0.2, 0) is 4.74 Å². The summed E-state index contributed by atoms with van der Waals surface area (Å²) in [4.78, 5) is 36.7. The van der Waals surface area contributed by atoms with Crippen LogP contribution in [-0.4, -0.2) is 59.7 Å². The smallest absolute Gasteiger partial charge is 0.409 e. The molecule has 1 aliphatic heterocycles. The lowest BCUT2D eigenvalue weighted by atomic mass is 10.0. The molecule has 8 heteroatoms. The number of hydrogen-bond acceptors (Lipinski definition) is 6. The molecule has 0 atom stereocenters. The summed E-state index contributed by atoms with van der Waals surface area (Å²) in [6, 6.07) is 9.40. The number of anilines is 2. The highest BCUT2D eigenvalue weighted by Crippen LogP contribution is 2.18. The minimum atomic E-state index is -0.301. The maximum absolute atomic E-state index is 12.6. The molecule has 3 rings (SSSR count). The van der Waals surface area contributed by atoms with Gasteiger partial charge in [0, 0.05) is 38.1 Å². The van der Waals surface area contributed by atoms with Crippen molar-refractivity contribution in [1.29, 1.82) is 0 Å². The monoisotopic (exact) mass is 397 g/mol. The summed E-state index contributed by atoms with van der Waals surface area (Å²) in [7, 11) is 0. The van der Waals surface area contributed by atoms with Crippen LogP contribution < -0.4 is 10.2 Å². The Morgan fingerprint density at radius 3 is 2.41 bits per heavy atom. The van der Waals surface area contributed by atoms with Crippen LogP contribution in [0.4, 0.5) is 16.4 Å². The van der Waals surface area contributed by atoms with Crippen molar-refractivity contribution in [1.82, 2.24) is 14.9 Å². The van der Waals surface area contributed by atoms with Crippen molar-refractivity contribution in [3.8, 4) is 0 Å². The van der Waals surface area contributed by atoms with Gasteiger partial charge in [0.15, 0.2) is 0 Å². The van der Waals surface area contributed by atoms with E-state index in [1.54, 1.807) is 24.1 Å². The summed E-state index contributed by atoms with van der Waals surface area (Å²) in [5.74, 6) is 0.640. The molecule has 154 valence electrons. The van der Waals surface area contributed by atoms with E-state index in [0.717, 1.165) is 5.69 Å². The molecule has 1 aromatic heterocycles. The van der Waals surface area contributed by atoms with E-state index < -0.39 is 0 Å². The Morgan fingerprint density at radius 2 is 1.79 bits per heavy atom. The Morgan fingerprint density at radius 1 is 1.10 bits per heavy atom. The average molecular weight is 397 g/mol. The van der Waals surface area contributed by atoms with E-state index in [1.165, 1.54) is 5.56 Å². The molecular formula is C21H27N5O3. The van der Waals surface area contributed by atoms with Crippen molar-refractivity contribution in [2.75, 3.05) is 43.0 Å². The van der Waals surface area contributed by atoms with Crippen LogP contribution in [0.3, 0.4) is 0 Å². The van der Waals surface area contributed by atoms with Gasteiger partial charge in [0.1, 0.15) is 5.69 Å². The number of benzene rings is 1. The fourth-order valence-electron chi connectivity index (χ4n) is 3.08. The third-order valence-electron chi connectivity index (χ3n) is 4.80. The summed E-state index contributed by atoms with van der Waals surface area (Å²) in [6.07, 6.45) is 1.28. The zero-order chi connectivity index (χ0) is 20.8. The number of amides is 2. The van der Waals surface area contributed by atoms with Crippen molar-refractivity contribution in [2.24, 2.45) is 0 Å². The van der Waals surface area contributed by atoms with Gasteiger partial charge in [-0.05, 0) is 36.6 Å². The van der Waals surface area contributed by atoms with Gasteiger partial charge < -0.3 is 19.9 Å². The molecule has 2 aromatic rings. The van der Waals surface area contributed by atoms with Crippen LogP contribution in [0.1, 0.15) is 42.7 Å². The third kappa shape index (κ3) is 5.22. The summed E-state index contributed by atoms with van der Waals surface area (Å²) in [5.41, 5.74) is 2.24. The fourth-order valence-corrected chi connectivity index (χ4v) is 3.08. The summed E-state index contributed by atoms with van der Waals surface area (Å²) in [6.45, 7) is 8.63. The first-order valence-electron chi connectivity index (χ1n) is 9.89. The largest absolute Gasteiger partial charge is 0.450 e. The number of carbonyl (C=O) groups excluding carboxylic acids is 2.